The average Bonchev–Trinajstić information content (AvgIpc) is 2.90. The fourth-order valence-corrected chi connectivity index (χ4v) is 2.46. The van der Waals surface area contributed by atoms with Crippen molar-refractivity contribution in [2.24, 2.45) is 0 Å². The number of hydrogen-bond donors (Lipinski definition) is 1. The van der Waals surface area contributed by atoms with E-state index in [1.165, 1.54) is 16.8 Å². The van der Waals surface area contributed by atoms with Crippen molar-refractivity contribution in [3.63, 3.8) is 0 Å². The van der Waals surface area contributed by atoms with Crippen LogP contribution >= 0.6 is 0 Å². The SMILES string of the molecule is CCCn1nccc1-c1ccc(C(CC)NC)cc1. The molecule has 1 aromatic carbocycles. The zero-order chi connectivity index (χ0) is 13.7. The maximum atomic E-state index is 4.38. The molecule has 1 aromatic heterocycles. The first-order valence-corrected chi connectivity index (χ1v) is 7.09. The lowest BCUT2D eigenvalue weighted by Crippen LogP contribution is -2.14. The summed E-state index contributed by atoms with van der Waals surface area (Å²) >= 11 is 0. The summed E-state index contributed by atoms with van der Waals surface area (Å²) in [6, 6.07) is 11.3. The Labute approximate surface area is 115 Å². The third kappa shape index (κ3) is 3.04. The van der Waals surface area contributed by atoms with Crippen LogP contribution in [0.15, 0.2) is 36.5 Å². The van der Waals surface area contributed by atoms with Crippen molar-refractivity contribution >= 4 is 0 Å². The third-order valence-corrected chi connectivity index (χ3v) is 3.52. The second kappa shape index (κ2) is 6.53. The molecule has 2 aromatic rings. The molecule has 0 fully saturated rings. The zero-order valence-electron chi connectivity index (χ0n) is 12.1. The molecule has 102 valence electrons. The van der Waals surface area contributed by atoms with Crippen molar-refractivity contribution in [1.29, 1.82) is 0 Å². The van der Waals surface area contributed by atoms with E-state index in [-0.39, 0.29) is 0 Å². The number of aryl methyl sites for hydroxylation is 1. The van der Waals surface area contributed by atoms with E-state index in [4.69, 9.17) is 0 Å². The lowest BCUT2D eigenvalue weighted by molar-refractivity contribution is 0.577. The Balaban J connectivity index is 2.24. The lowest BCUT2D eigenvalue weighted by atomic mass is 10.0. The van der Waals surface area contributed by atoms with Gasteiger partial charge in [-0.25, -0.2) is 0 Å². The van der Waals surface area contributed by atoms with Crippen molar-refractivity contribution in [2.75, 3.05) is 7.05 Å². The molecule has 19 heavy (non-hydrogen) atoms. The van der Waals surface area contributed by atoms with Crippen molar-refractivity contribution < 1.29 is 0 Å². The number of rotatable bonds is 6. The summed E-state index contributed by atoms with van der Waals surface area (Å²) in [5.74, 6) is 0. The van der Waals surface area contributed by atoms with Crippen LogP contribution in [-0.2, 0) is 6.54 Å². The van der Waals surface area contributed by atoms with Crippen LogP contribution in [0.25, 0.3) is 11.3 Å². The normalized spacial score (nSPS) is 12.6. The minimum atomic E-state index is 0.439. The summed E-state index contributed by atoms with van der Waals surface area (Å²) in [6.07, 6.45) is 4.08. The Hall–Kier alpha value is -1.61. The summed E-state index contributed by atoms with van der Waals surface area (Å²) in [5, 5.41) is 7.71. The van der Waals surface area contributed by atoms with E-state index in [0.29, 0.717) is 6.04 Å². The molecule has 1 atom stereocenters. The number of benzene rings is 1. The van der Waals surface area contributed by atoms with Crippen molar-refractivity contribution in [1.82, 2.24) is 15.1 Å². The number of aromatic nitrogens is 2. The van der Waals surface area contributed by atoms with Crippen molar-refractivity contribution in [3.05, 3.63) is 42.1 Å². The smallest absolute Gasteiger partial charge is 0.0682 e. The lowest BCUT2D eigenvalue weighted by Gasteiger charge is -2.15. The first-order chi connectivity index (χ1) is 9.30. The van der Waals surface area contributed by atoms with Gasteiger partial charge in [-0.2, -0.15) is 5.10 Å². The topological polar surface area (TPSA) is 29.9 Å². The standard InChI is InChI=1S/C16H23N3/c1-4-12-19-16(10-11-18-19)14-8-6-13(7-9-14)15(5-2)17-3/h6-11,15,17H,4-5,12H2,1-3H3. The van der Waals surface area contributed by atoms with Crippen LogP contribution in [0.2, 0.25) is 0 Å². The maximum absolute atomic E-state index is 4.38. The molecule has 0 aliphatic rings. The molecule has 2 rings (SSSR count). The van der Waals surface area contributed by atoms with E-state index >= 15 is 0 Å². The van der Waals surface area contributed by atoms with Gasteiger partial charge in [0.05, 0.1) is 5.69 Å². The van der Waals surface area contributed by atoms with Crippen molar-refractivity contribution in [2.45, 2.75) is 39.3 Å². The Bertz CT molecular complexity index is 495. The molecule has 1 heterocycles. The summed E-state index contributed by atoms with van der Waals surface area (Å²) in [5.41, 5.74) is 3.78. The third-order valence-electron chi connectivity index (χ3n) is 3.52. The fraction of sp³-hybridized carbons (Fsp3) is 0.438. The molecule has 3 heteroatoms. The molecule has 3 nitrogen and oxygen atoms in total. The molecule has 0 aliphatic heterocycles. The minimum Gasteiger partial charge on any atom is -0.313 e. The van der Waals surface area contributed by atoms with Crippen LogP contribution < -0.4 is 5.32 Å². The molecule has 0 aliphatic carbocycles. The van der Waals surface area contributed by atoms with Crippen LogP contribution in [0.1, 0.15) is 38.3 Å². The van der Waals surface area contributed by atoms with E-state index in [1.807, 2.05) is 13.2 Å². The van der Waals surface area contributed by atoms with Crippen LogP contribution in [-0.4, -0.2) is 16.8 Å². The molecule has 1 N–H and O–H groups in total. The monoisotopic (exact) mass is 257 g/mol. The van der Waals surface area contributed by atoms with E-state index in [0.717, 1.165) is 19.4 Å². The molecule has 0 saturated heterocycles. The first kappa shape index (κ1) is 13.8. The average molecular weight is 257 g/mol. The summed E-state index contributed by atoms with van der Waals surface area (Å²) in [6.45, 7) is 5.34. The van der Waals surface area contributed by atoms with Gasteiger partial charge in [0, 0.05) is 18.8 Å². The molecule has 1 unspecified atom stereocenters. The molecule has 0 amide bonds. The largest absolute Gasteiger partial charge is 0.313 e. The van der Waals surface area contributed by atoms with E-state index in [1.54, 1.807) is 0 Å². The highest BCUT2D eigenvalue weighted by atomic mass is 15.3. The molecule has 0 radical (unpaired) electrons. The highest BCUT2D eigenvalue weighted by molar-refractivity contribution is 5.59. The summed E-state index contributed by atoms with van der Waals surface area (Å²) in [7, 11) is 2.01. The van der Waals surface area contributed by atoms with Gasteiger partial charge in [0.15, 0.2) is 0 Å². The zero-order valence-corrected chi connectivity index (χ0v) is 12.1. The van der Waals surface area contributed by atoms with E-state index in [2.05, 4.69) is 59.3 Å². The van der Waals surface area contributed by atoms with Gasteiger partial charge in [-0.15, -0.1) is 0 Å². The molecule has 0 spiro atoms. The first-order valence-electron chi connectivity index (χ1n) is 7.09. The van der Waals surface area contributed by atoms with Gasteiger partial charge >= 0.3 is 0 Å². The Morgan fingerprint density at radius 2 is 1.89 bits per heavy atom. The van der Waals surface area contributed by atoms with Crippen LogP contribution in [0.5, 0.6) is 0 Å². The second-order valence-electron chi connectivity index (χ2n) is 4.81. The van der Waals surface area contributed by atoms with Gasteiger partial charge in [0.25, 0.3) is 0 Å². The fourth-order valence-electron chi connectivity index (χ4n) is 2.46. The number of nitrogens with zero attached hydrogens (tertiary/aromatic N) is 2. The Morgan fingerprint density at radius 1 is 1.16 bits per heavy atom. The van der Waals surface area contributed by atoms with Crippen LogP contribution in [0.4, 0.5) is 0 Å². The Kier molecular flexibility index (Phi) is 4.74. The van der Waals surface area contributed by atoms with Gasteiger partial charge in [-0.3, -0.25) is 4.68 Å². The van der Waals surface area contributed by atoms with Gasteiger partial charge in [0.1, 0.15) is 0 Å². The van der Waals surface area contributed by atoms with Crippen molar-refractivity contribution in [3.8, 4) is 11.3 Å². The molecular weight excluding hydrogens is 234 g/mol. The van der Waals surface area contributed by atoms with E-state index in [9.17, 15) is 0 Å². The minimum absolute atomic E-state index is 0.439. The van der Waals surface area contributed by atoms with Gasteiger partial charge < -0.3 is 5.32 Å². The predicted molar refractivity (Wildman–Crippen MR) is 80.0 cm³/mol. The van der Waals surface area contributed by atoms with Gasteiger partial charge in [-0.1, -0.05) is 38.1 Å². The predicted octanol–water partition coefficient (Wildman–Crippen LogP) is 3.63. The summed E-state index contributed by atoms with van der Waals surface area (Å²) in [4.78, 5) is 0. The van der Waals surface area contributed by atoms with Crippen LogP contribution in [0, 0.1) is 0 Å². The maximum Gasteiger partial charge on any atom is 0.0682 e. The molecular formula is C16H23N3. The van der Waals surface area contributed by atoms with Gasteiger partial charge in [-0.05, 0) is 37.1 Å². The number of hydrogen-bond acceptors (Lipinski definition) is 2. The summed E-state index contributed by atoms with van der Waals surface area (Å²) < 4.78 is 2.07. The second-order valence-corrected chi connectivity index (χ2v) is 4.81. The molecule has 0 bridgehead atoms. The number of nitrogens with one attached hydrogen (secondary N) is 1. The van der Waals surface area contributed by atoms with Gasteiger partial charge in [0.2, 0.25) is 0 Å². The Morgan fingerprint density at radius 3 is 2.47 bits per heavy atom. The molecule has 0 saturated carbocycles. The highest BCUT2D eigenvalue weighted by Crippen LogP contribution is 2.23. The van der Waals surface area contributed by atoms with E-state index < -0.39 is 0 Å². The van der Waals surface area contributed by atoms with Crippen LogP contribution in [0.3, 0.4) is 0 Å². The quantitative estimate of drug-likeness (QED) is 0.856. The highest BCUT2D eigenvalue weighted by Gasteiger charge is 2.08.